The first kappa shape index (κ1) is 22.0. The molecule has 0 aliphatic heterocycles. The van der Waals surface area contributed by atoms with E-state index in [0.717, 1.165) is 16.7 Å². The summed E-state index contributed by atoms with van der Waals surface area (Å²) in [5.74, 6) is -0.149. The molecule has 0 fully saturated rings. The van der Waals surface area contributed by atoms with Gasteiger partial charge in [0.2, 0.25) is 5.91 Å². The molecule has 0 aliphatic rings. The maximum Gasteiger partial charge on any atom is 0.227 e. The molecule has 2 aromatic heterocycles. The molecule has 2 heterocycles. The largest absolute Gasteiger partial charge is 0.496 e. The topological polar surface area (TPSA) is 77.0 Å². The second kappa shape index (κ2) is 9.41. The molecule has 30 heavy (non-hydrogen) atoms. The molecule has 6 nitrogen and oxygen atoms in total. The summed E-state index contributed by atoms with van der Waals surface area (Å²) in [7, 11) is 1.58. The van der Waals surface area contributed by atoms with Crippen LogP contribution in [-0.2, 0) is 4.79 Å². The van der Waals surface area contributed by atoms with Crippen LogP contribution in [0.25, 0.3) is 11.1 Å². The van der Waals surface area contributed by atoms with E-state index in [9.17, 15) is 4.79 Å². The van der Waals surface area contributed by atoms with E-state index in [1.165, 1.54) is 12.4 Å². The van der Waals surface area contributed by atoms with Crippen molar-refractivity contribution < 1.29 is 9.53 Å². The van der Waals surface area contributed by atoms with Gasteiger partial charge in [0.1, 0.15) is 5.75 Å². The number of nitrogens with zero attached hydrogens (tertiary/aromatic N) is 3. The normalized spacial score (nSPS) is 12.9. The van der Waals surface area contributed by atoms with E-state index in [2.05, 4.69) is 20.3 Å². The molecule has 2 unspecified atom stereocenters. The van der Waals surface area contributed by atoms with Crippen molar-refractivity contribution in [2.75, 3.05) is 7.11 Å². The van der Waals surface area contributed by atoms with Gasteiger partial charge in [-0.2, -0.15) is 0 Å². The molecule has 0 spiro atoms. The molecule has 1 N–H and O–H groups in total. The van der Waals surface area contributed by atoms with Gasteiger partial charge in [-0.25, -0.2) is 4.98 Å². The maximum absolute atomic E-state index is 13.0. The van der Waals surface area contributed by atoms with E-state index in [4.69, 9.17) is 27.9 Å². The first-order valence-corrected chi connectivity index (χ1v) is 10.1. The quantitative estimate of drug-likeness (QED) is 0.568. The predicted octanol–water partition coefficient (Wildman–Crippen LogP) is 5.14. The van der Waals surface area contributed by atoms with E-state index in [1.807, 2.05) is 19.1 Å². The number of pyridine rings is 1. The van der Waals surface area contributed by atoms with Crippen LogP contribution in [0.15, 0.2) is 43.0 Å². The number of rotatable bonds is 6. The molecular weight excluding hydrogens is 423 g/mol. The molecule has 3 rings (SSSR count). The van der Waals surface area contributed by atoms with Gasteiger partial charge in [-0.3, -0.25) is 14.8 Å². The minimum Gasteiger partial charge on any atom is -0.496 e. The van der Waals surface area contributed by atoms with Crippen molar-refractivity contribution in [3.05, 3.63) is 70.0 Å². The summed E-state index contributed by atoms with van der Waals surface area (Å²) in [6.07, 6.45) is 6.48. The Hall–Kier alpha value is -2.70. The third-order valence-corrected chi connectivity index (χ3v) is 5.65. The highest BCUT2D eigenvalue weighted by atomic mass is 35.5. The third kappa shape index (κ3) is 4.40. The van der Waals surface area contributed by atoms with Crippen LogP contribution in [0.1, 0.15) is 42.6 Å². The van der Waals surface area contributed by atoms with Crippen molar-refractivity contribution in [3.63, 3.8) is 0 Å². The molecular formula is C22H22Cl2N4O2. The highest BCUT2D eigenvalue weighted by molar-refractivity contribution is 6.32. The molecule has 8 heteroatoms. The Morgan fingerprint density at radius 2 is 1.90 bits per heavy atom. The summed E-state index contributed by atoms with van der Waals surface area (Å²) >= 11 is 12.6. The van der Waals surface area contributed by atoms with Gasteiger partial charge in [0.05, 0.1) is 24.8 Å². The second-order valence-electron chi connectivity index (χ2n) is 6.91. The van der Waals surface area contributed by atoms with Crippen LogP contribution in [0.4, 0.5) is 0 Å². The predicted molar refractivity (Wildman–Crippen MR) is 118 cm³/mol. The van der Waals surface area contributed by atoms with Crippen LogP contribution in [0.5, 0.6) is 5.75 Å². The minimum atomic E-state index is -0.536. The van der Waals surface area contributed by atoms with Crippen molar-refractivity contribution in [2.24, 2.45) is 0 Å². The van der Waals surface area contributed by atoms with E-state index in [1.54, 1.807) is 39.4 Å². The van der Waals surface area contributed by atoms with E-state index in [0.29, 0.717) is 22.0 Å². The molecule has 0 saturated carbocycles. The highest BCUT2D eigenvalue weighted by Crippen LogP contribution is 2.42. The third-order valence-electron chi connectivity index (χ3n) is 4.97. The number of hydrogen-bond acceptors (Lipinski definition) is 5. The lowest BCUT2D eigenvalue weighted by molar-refractivity contribution is -0.122. The molecule has 1 aromatic carbocycles. The Balaban J connectivity index is 1.97. The second-order valence-corrected chi connectivity index (χ2v) is 7.67. The molecule has 0 saturated heterocycles. The summed E-state index contributed by atoms with van der Waals surface area (Å²) in [5.41, 5.74) is 3.73. The Bertz CT molecular complexity index is 1060. The maximum atomic E-state index is 13.0. The van der Waals surface area contributed by atoms with Crippen molar-refractivity contribution in [2.45, 2.75) is 32.7 Å². The SMILES string of the molecule is COc1c(C(C)C(=O)NC(C)c2nccnc2Cl)cc(Cl)c(C)c1-c1cccnc1. The molecule has 0 bridgehead atoms. The van der Waals surface area contributed by atoms with Crippen molar-refractivity contribution in [1.82, 2.24) is 20.3 Å². The average Bonchev–Trinajstić information content (AvgIpc) is 2.75. The van der Waals surface area contributed by atoms with Crippen LogP contribution in [0.3, 0.4) is 0 Å². The highest BCUT2D eigenvalue weighted by Gasteiger charge is 2.26. The smallest absolute Gasteiger partial charge is 0.227 e. The van der Waals surface area contributed by atoms with Crippen molar-refractivity contribution in [3.8, 4) is 16.9 Å². The lowest BCUT2D eigenvalue weighted by Crippen LogP contribution is -2.31. The molecule has 0 radical (unpaired) electrons. The van der Waals surface area contributed by atoms with Crippen LogP contribution in [0.2, 0.25) is 10.2 Å². The molecule has 0 aliphatic carbocycles. The number of aromatic nitrogens is 3. The van der Waals surface area contributed by atoms with E-state index < -0.39 is 12.0 Å². The van der Waals surface area contributed by atoms with Crippen LogP contribution < -0.4 is 10.1 Å². The summed E-state index contributed by atoms with van der Waals surface area (Å²) < 4.78 is 5.74. The molecule has 1 amide bonds. The number of carbonyl (C=O) groups excluding carboxylic acids is 1. The Morgan fingerprint density at radius 3 is 2.53 bits per heavy atom. The zero-order chi connectivity index (χ0) is 21.8. The summed E-state index contributed by atoms with van der Waals surface area (Å²) in [5, 5.41) is 3.75. The van der Waals surface area contributed by atoms with Gasteiger partial charge >= 0.3 is 0 Å². The Labute approximate surface area is 185 Å². The summed E-state index contributed by atoms with van der Waals surface area (Å²) in [6, 6.07) is 5.14. The van der Waals surface area contributed by atoms with Crippen LogP contribution in [0, 0.1) is 6.92 Å². The standard InChI is InChI=1S/C22H22Cl2N4O2/c1-12(22(29)28-14(3)19-21(24)27-9-8-26-19)16-10-17(23)13(2)18(20(16)30-4)15-6-5-7-25-11-15/h5-12,14H,1-4H3,(H,28,29). The van der Waals surface area contributed by atoms with Crippen LogP contribution >= 0.6 is 23.2 Å². The first-order valence-electron chi connectivity index (χ1n) is 9.39. The minimum absolute atomic E-state index is 0.209. The van der Waals surface area contributed by atoms with Gasteiger partial charge in [0.25, 0.3) is 0 Å². The van der Waals surface area contributed by atoms with Gasteiger partial charge in [-0.05, 0) is 38.5 Å². The number of halogens is 2. The fourth-order valence-electron chi connectivity index (χ4n) is 3.31. The lowest BCUT2D eigenvalue weighted by atomic mass is 9.91. The summed E-state index contributed by atoms with van der Waals surface area (Å²) in [4.78, 5) is 25.5. The van der Waals surface area contributed by atoms with Crippen molar-refractivity contribution in [1.29, 1.82) is 0 Å². The fourth-order valence-corrected chi connectivity index (χ4v) is 3.80. The number of methoxy groups -OCH3 is 1. The fraction of sp³-hybridized carbons (Fsp3) is 0.273. The Morgan fingerprint density at radius 1 is 1.17 bits per heavy atom. The summed E-state index contributed by atoms with van der Waals surface area (Å²) in [6.45, 7) is 5.53. The number of nitrogens with one attached hydrogen (secondary N) is 1. The molecule has 2 atom stereocenters. The van der Waals surface area contributed by atoms with Crippen LogP contribution in [-0.4, -0.2) is 28.0 Å². The van der Waals surface area contributed by atoms with Gasteiger partial charge in [0, 0.05) is 46.5 Å². The number of benzene rings is 1. The Kier molecular flexibility index (Phi) is 6.90. The van der Waals surface area contributed by atoms with Gasteiger partial charge in [0.15, 0.2) is 5.15 Å². The molecule has 3 aromatic rings. The number of amides is 1. The lowest BCUT2D eigenvalue weighted by Gasteiger charge is -2.22. The van der Waals surface area contributed by atoms with Gasteiger partial charge in [-0.1, -0.05) is 29.3 Å². The zero-order valence-electron chi connectivity index (χ0n) is 17.1. The average molecular weight is 445 g/mol. The molecule has 156 valence electrons. The number of ether oxygens (including phenoxy) is 1. The van der Waals surface area contributed by atoms with Crippen molar-refractivity contribution >= 4 is 29.1 Å². The van der Waals surface area contributed by atoms with E-state index >= 15 is 0 Å². The van der Waals surface area contributed by atoms with Gasteiger partial charge in [-0.15, -0.1) is 0 Å². The number of hydrogen-bond donors (Lipinski definition) is 1. The number of carbonyl (C=O) groups is 1. The van der Waals surface area contributed by atoms with E-state index in [-0.39, 0.29) is 11.1 Å². The van der Waals surface area contributed by atoms with Gasteiger partial charge < -0.3 is 10.1 Å². The first-order chi connectivity index (χ1) is 14.3. The monoisotopic (exact) mass is 444 g/mol. The zero-order valence-corrected chi connectivity index (χ0v) is 18.6.